The number of hydrogen-bond acceptors (Lipinski definition) is 6. The number of phenolic OH excluding ortho intramolecular Hbond substituents is 1. The number of likely N-dealkylation sites (N-methyl/N-ethyl adjacent to an activating group) is 1. The van der Waals surface area contributed by atoms with Crippen molar-refractivity contribution in [3.8, 4) is 17.1 Å². The van der Waals surface area contributed by atoms with Crippen LogP contribution in [0.1, 0.15) is 23.6 Å². The molecule has 0 radical (unpaired) electrons. The van der Waals surface area contributed by atoms with Crippen molar-refractivity contribution in [3.05, 3.63) is 66.2 Å². The molecule has 7 nitrogen and oxygen atoms in total. The highest BCUT2D eigenvalue weighted by Crippen LogP contribution is 2.40. The van der Waals surface area contributed by atoms with E-state index in [0.717, 1.165) is 23.4 Å². The molecule has 2 amide bonds. The quantitative estimate of drug-likeness (QED) is 0.451. The van der Waals surface area contributed by atoms with Crippen molar-refractivity contribution in [1.82, 2.24) is 15.2 Å². The van der Waals surface area contributed by atoms with E-state index in [1.807, 2.05) is 55.4 Å². The molecule has 3 aromatic rings. The molecule has 0 fully saturated rings. The Labute approximate surface area is 186 Å². The van der Waals surface area contributed by atoms with E-state index in [-0.39, 0.29) is 17.0 Å². The number of aromatic nitrogens is 1. The Hall–Kier alpha value is -2.97. The molecule has 0 aliphatic heterocycles. The molecule has 0 saturated carbocycles. The molecule has 0 saturated heterocycles. The third-order valence-electron chi connectivity index (χ3n) is 4.57. The van der Waals surface area contributed by atoms with Gasteiger partial charge in [0.05, 0.1) is 6.20 Å². The molecule has 0 bridgehead atoms. The largest absolute Gasteiger partial charge is 0.508 e. The minimum Gasteiger partial charge on any atom is -0.508 e. The third-order valence-corrected chi connectivity index (χ3v) is 5.69. The lowest BCUT2D eigenvalue weighted by Crippen LogP contribution is -2.34. The number of benzene rings is 2. The Kier molecular flexibility index (Phi) is 7.97. The van der Waals surface area contributed by atoms with Gasteiger partial charge in [-0.2, -0.15) is 0 Å². The molecule has 0 aliphatic rings. The Morgan fingerprint density at radius 2 is 1.94 bits per heavy atom. The highest BCUT2D eigenvalue weighted by atomic mass is 32.2. The second kappa shape index (κ2) is 10.9. The van der Waals surface area contributed by atoms with Gasteiger partial charge in [-0.3, -0.25) is 0 Å². The molecule has 31 heavy (non-hydrogen) atoms. The van der Waals surface area contributed by atoms with Crippen LogP contribution in [0.2, 0.25) is 0 Å². The summed E-state index contributed by atoms with van der Waals surface area (Å²) in [6.07, 6.45) is 1.69. The summed E-state index contributed by atoms with van der Waals surface area (Å²) in [5.74, 6) is 2.26. The average molecular weight is 441 g/mol. The fourth-order valence-electron chi connectivity index (χ4n) is 3.00. The van der Waals surface area contributed by atoms with Gasteiger partial charge in [0.15, 0.2) is 5.76 Å². The Morgan fingerprint density at radius 1 is 1.19 bits per heavy atom. The summed E-state index contributed by atoms with van der Waals surface area (Å²) in [6.45, 7) is 3.41. The van der Waals surface area contributed by atoms with Gasteiger partial charge >= 0.3 is 6.03 Å². The molecule has 3 rings (SSSR count). The summed E-state index contributed by atoms with van der Waals surface area (Å²) < 4.78 is 6.04. The fourth-order valence-corrected chi connectivity index (χ4v) is 3.96. The summed E-state index contributed by atoms with van der Waals surface area (Å²) in [5, 5.41) is 15.7. The first kappa shape index (κ1) is 22.7. The number of oxazole rings is 1. The third kappa shape index (κ3) is 6.26. The lowest BCUT2D eigenvalue weighted by atomic mass is 10.1. The van der Waals surface area contributed by atoms with Crippen LogP contribution in [-0.2, 0) is 0 Å². The molecule has 0 aliphatic carbocycles. The zero-order valence-electron chi connectivity index (χ0n) is 18.0. The minimum atomic E-state index is -0.237. The van der Waals surface area contributed by atoms with E-state index in [9.17, 15) is 9.90 Å². The summed E-state index contributed by atoms with van der Waals surface area (Å²) in [6, 6.07) is 14.4. The number of amides is 2. The predicted molar refractivity (Wildman–Crippen MR) is 126 cm³/mol. The van der Waals surface area contributed by atoms with Crippen LogP contribution in [0.4, 0.5) is 10.5 Å². The van der Waals surface area contributed by atoms with E-state index in [0.29, 0.717) is 23.9 Å². The Balaban J connectivity index is 1.69. The molecule has 2 aromatic carbocycles. The van der Waals surface area contributed by atoms with E-state index >= 15 is 0 Å². The van der Waals surface area contributed by atoms with Crippen molar-refractivity contribution in [2.75, 3.05) is 38.3 Å². The molecule has 0 spiro atoms. The van der Waals surface area contributed by atoms with Crippen molar-refractivity contribution in [2.45, 2.75) is 12.2 Å². The monoisotopic (exact) mass is 440 g/mol. The second-order valence-corrected chi connectivity index (χ2v) is 8.60. The smallest absolute Gasteiger partial charge is 0.319 e. The van der Waals surface area contributed by atoms with Gasteiger partial charge in [-0.25, -0.2) is 9.78 Å². The van der Waals surface area contributed by atoms with Crippen molar-refractivity contribution in [2.24, 2.45) is 0 Å². The molecular weight excluding hydrogens is 412 g/mol. The van der Waals surface area contributed by atoms with Crippen LogP contribution in [0.15, 0.2) is 59.1 Å². The lowest BCUT2D eigenvalue weighted by molar-refractivity contribution is 0.250. The number of nitrogens with one attached hydrogen (secondary N) is 2. The SMILES string of the molecule is CCSC(c1ncc(-c2ccc(NC(=O)NCCN(C)C)cc2)o1)c1ccccc1O. The number of para-hydroxylation sites is 1. The van der Waals surface area contributed by atoms with Crippen LogP contribution in [0, 0.1) is 0 Å². The van der Waals surface area contributed by atoms with Crippen molar-refractivity contribution < 1.29 is 14.3 Å². The number of nitrogens with zero attached hydrogens (tertiary/aromatic N) is 2. The number of urea groups is 1. The maximum absolute atomic E-state index is 12.0. The van der Waals surface area contributed by atoms with E-state index in [4.69, 9.17) is 4.42 Å². The first-order chi connectivity index (χ1) is 15.0. The van der Waals surface area contributed by atoms with Gasteiger partial charge in [-0.15, -0.1) is 11.8 Å². The summed E-state index contributed by atoms with van der Waals surface area (Å²) >= 11 is 1.65. The van der Waals surface area contributed by atoms with Crippen LogP contribution < -0.4 is 10.6 Å². The standard InChI is InChI=1S/C23H28N4O3S/c1-4-31-21(18-7-5-6-8-19(18)28)22-25-15-20(30-22)16-9-11-17(12-10-16)26-23(29)24-13-14-27(2)3/h5-12,15,21,28H,4,13-14H2,1-3H3,(H2,24,26,29). The van der Waals surface area contributed by atoms with Crippen LogP contribution in [0.25, 0.3) is 11.3 Å². The topological polar surface area (TPSA) is 90.6 Å². The summed E-state index contributed by atoms with van der Waals surface area (Å²) in [5.41, 5.74) is 2.33. The van der Waals surface area contributed by atoms with E-state index in [2.05, 4.69) is 22.5 Å². The molecule has 3 N–H and O–H groups in total. The number of rotatable bonds is 9. The number of hydrogen-bond donors (Lipinski definition) is 3. The Morgan fingerprint density at radius 3 is 2.61 bits per heavy atom. The van der Waals surface area contributed by atoms with Gasteiger partial charge in [-0.1, -0.05) is 25.1 Å². The number of carbonyl (C=O) groups excluding carboxylic acids is 1. The van der Waals surface area contributed by atoms with Gasteiger partial charge in [0.2, 0.25) is 5.89 Å². The molecule has 1 unspecified atom stereocenters. The highest BCUT2D eigenvalue weighted by molar-refractivity contribution is 7.99. The fraction of sp³-hybridized carbons (Fsp3) is 0.304. The summed E-state index contributed by atoms with van der Waals surface area (Å²) in [4.78, 5) is 18.4. The van der Waals surface area contributed by atoms with Crippen LogP contribution in [0.5, 0.6) is 5.75 Å². The average Bonchev–Trinajstić information content (AvgIpc) is 3.23. The number of anilines is 1. The zero-order chi connectivity index (χ0) is 22.2. The molecule has 1 aromatic heterocycles. The van der Waals surface area contributed by atoms with Crippen molar-refractivity contribution in [3.63, 3.8) is 0 Å². The van der Waals surface area contributed by atoms with Crippen LogP contribution in [0.3, 0.4) is 0 Å². The van der Waals surface area contributed by atoms with Gasteiger partial charge in [0.1, 0.15) is 11.0 Å². The second-order valence-electron chi connectivity index (χ2n) is 7.22. The number of carbonyl (C=O) groups is 1. The highest BCUT2D eigenvalue weighted by Gasteiger charge is 2.22. The van der Waals surface area contributed by atoms with E-state index < -0.39 is 0 Å². The molecule has 164 valence electrons. The van der Waals surface area contributed by atoms with Gasteiger partial charge in [0, 0.05) is 29.9 Å². The van der Waals surface area contributed by atoms with Gasteiger partial charge in [-0.05, 0) is 50.2 Å². The van der Waals surface area contributed by atoms with E-state index in [1.165, 1.54) is 0 Å². The number of phenols is 1. The predicted octanol–water partition coefficient (Wildman–Crippen LogP) is 4.57. The molecule has 1 atom stereocenters. The maximum atomic E-state index is 12.0. The molecule has 8 heteroatoms. The molecular formula is C23H28N4O3S. The number of aromatic hydroxyl groups is 1. The number of thioether (sulfide) groups is 1. The van der Waals surface area contributed by atoms with Crippen molar-refractivity contribution >= 4 is 23.5 Å². The first-order valence-corrected chi connectivity index (χ1v) is 11.2. The van der Waals surface area contributed by atoms with Gasteiger partial charge in [0.25, 0.3) is 0 Å². The Bertz CT molecular complexity index is 988. The van der Waals surface area contributed by atoms with Crippen LogP contribution >= 0.6 is 11.8 Å². The van der Waals surface area contributed by atoms with Gasteiger partial charge < -0.3 is 25.1 Å². The summed E-state index contributed by atoms with van der Waals surface area (Å²) in [7, 11) is 3.91. The van der Waals surface area contributed by atoms with Crippen molar-refractivity contribution in [1.29, 1.82) is 0 Å². The zero-order valence-corrected chi connectivity index (χ0v) is 18.8. The molecule has 1 heterocycles. The van der Waals surface area contributed by atoms with Crippen LogP contribution in [-0.4, -0.2) is 54.0 Å². The minimum absolute atomic E-state index is 0.188. The van der Waals surface area contributed by atoms with E-state index in [1.54, 1.807) is 30.1 Å². The normalized spacial score (nSPS) is 12.0. The maximum Gasteiger partial charge on any atom is 0.319 e. The first-order valence-electron chi connectivity index (χ1n) is 10.1. The lowest BCUT2D eigenvalue weighted by Gasteiger charge is -2.14.